The van der Waals surface area contributed by atoms with Crippen molar-refractivity contribution < 1.29 is 4.79 Å². The maximum absolute atomic E-state index is 11.8. The van der Waals surface area contributed by atoms with Crippen LogP contribution in [0.25, 0.3) is 0 Å². The van der Waals surface area contributed by atoms with E-state index in [1.165, 1.54) is 11.8 Å². The minimum atomic E-state index is 0.230. The molecule has 0 amide bonds. The van der Waals surface area contributed by atoms with E-state index in [-0.39, 0.29) is 5.78 Å². The molecule has 1 aromatic heterocycles. The van der Waals surface area contributed by atoms with E-state index in [0.29, 0.717) is 17.2 Å². The van der Waals surface area contributed by atoms with Crippen LogP contribution in [-0.4, -0.2) is 21.3 Å². The van der Waals surface area contributed by atoms with Crippen LogP contribution in [0.4, 0.5) is 0 Å². The van der Waals surface area contributed by atoms with Crippen molar-refractivity contribution in [3.05, 3.63) is 47.2 Å². The third kappa shape index (κ3) is 4.40. The van der Waals surface area contributed by atoms with Gasteiger partial charge in [-0.05, 0) is 24.1 Å². The van der Waals surface area contributed by atoms with E-state index in [1.54, 1.807) is 10.9 Å². The first-order chi connectivity index (χ1) is 9.15. The Bertz CT molecular complexity index is 568. The zero-order chi connectivity index (χ0) is 13.7. The van der Waals surface area contributed by atoms with Crippen LogP contribution < -0.4 is 0 Å². The summed E-state index contributed by atoms with van der Waals surface area (Å²) < 4.78 is 1.75. The smallest absolute Gasteiger partial charge is 0.143 e. The molecule has 19 heavy (non-hydrogen) atoms. The first kappa shape index (κ1) is 14.2. The molecule has 0 saturated carbocycles. The molecule has 2 rings (SSSR count). The van der Waals surface area contributed by atoms with Crippen molar-refractivity contribution in [2.75, 3.05) is 5.75 Å². The largest absolute Gasteiger partial charge is 0.299 e. The van der Waals surface area contributed by atoms with E-state index in [9.17, 15) is 4.79 Å². The fourth-order valence-corrected chi connectivity index (χ4v) is 2.82. The Morgan fingerprint density at radius 1 is 1.42 bits per heavy atom. The minimum Gasteiger partial charge on any atom is -0.299 e. The molecule has 3 nitrogen and oxygen atoms in total. The van der Waals surface area contributed by atoms with Gasteiger partial charge in [-0.15, -0.1) is 11.8 Å². The van der Waals surface area contributed by atoms with Crippen molar-refractivity contribution in [3.63, 3.8) is 0 Å². The maximum atomic E-state index is 11.8. The average molecular weight is 295 g/mol. The molecule has 0 unspecified atom stereocenters. The Hall–Kier alpha value is -1.26. The summed E-state index contributed by atoms with van der Waals surface area (Å²) >= 11 is 7.53. The molecular weight excluding hydrogens is 280 g/mol. The molecule has 0 bridgehead atoms. The van der Waals surface area contributed by atoms with E-state index >= 15 is 0 Å². The highest BCUT2D eigenvalue weighted by Gasteiger charge is 2.06. The molecule has 0 aliphatic rings. The Kier molecular flexibility index (Phi) is 5.05. The lowest BCUT2D eigenvalue weighted by Crippen LogP contribution is -2.03. The van der Waals surface area contributed by atoms with Crippen molar-refractivity contribution >= 4 is 29.1 Å². The van der Waals surface area contributed by atoms with Gasteiger partial charge in [0.1, 0.15) is 5.78 Å². The summed E-state index contributed by atoms with van der Waals surface area (Å²) in [6, 6.07) is 7.58. The van der Waals surface area contributed by atoms with Crippen molar-refractivity contribution in [1.82, 2.24) is 9.78 Å². The molecule has 0 atom stereocenters. The Balaban J connectivity index is 1.77. The molecule has 2 aromatic rings. The predicted molar refractivity (Wildman–Crippen MR) is 78.7 cm³/mol. The first-order valence-corrected chi connectivity index (χ1v) is 7.38. The first-order valence-electron chi connectivity index (χ1n) is 6.01. The van der Waals surface area contributed by atoms with Gasteiger partial charge in [0, 0.05) is 24.6 Å². The number of aromatic nitrogens is 2. The molecular formula is C14H15ClN2OS. The van der Waals surface area contributed by atoms with Crippen molar-refractivity contribution in [2.45, 2.75) is 17.7 Å². The third-order valence-electron chi connectivity index (χ3n) is 2.68. The van der Waals surface area contributed by atoms with Gasteiger partial charge in [-0.25, -0.2) is 0 Å². The van der Waals surface area contributed by atoms with Gasteiger partial charge in [0.2, 0.25) is 0 Å². The van der Waals surface area contributed by atoms with E-state index in [1.807, 2.05) is 37.5 Å². The number of rotatable bonds is 6. The van der Waals surface area contributed by atoms with Gasteiger partial charge in [-0.3, -0.25) is 9.48 Å². The van der Waals surface area contributed by atoms with Crippen LogP contribution in [0.15, 0.2) is 41.6 Å². The minimum absolute atomic E-state index is 0.230. The van der Waals surface area contributed by atoms with Gasteiger partial charge in [-0.2, -0.15) is 5.10 Å². The van der Waals surface area contributed by atoms with Crippen LogP contribution in [0.3, 0.4) is 0 Å². The fraction of sp³-hybridized carbons (Fsp3) is 0.286. The third-order valence-corrected chi connectivity index (χ3v) is 4.25. The van der Waals surface area contributed by atoms with E-state index in [0.717, 1.165) is 16.9 Å². The average Bonchev–Trinajstić information content (AvgIpc) is 2.81. The number of hydrogen-bond acceptors (Lipinski definition) is 3. The molecule has 0 radical (unpaired) electrons. The second-order valence-corrected chi connectivity index (χ2v) is 5.70. The zero-order valence-electron chi connectivity index (χ0n) is 10.7. The van der Waals surface area contributed by atoms with Gasteiger partial charge in [0.05, 0.1) is 17.0 Å². The molecule has 5 heteroatoms. The number of ketones is 1. The van der Waals surface area contributed by atoms with Gasteiger partial charge >= 0.3 is 0 Å². The highest BCUT2D eigenvalue weighted by Crippen LogP contribution is 2.26. The molecule has 0 N–H and O–H groups in total. The Morgan fingerprint density at radius 3 is 2.89 bits per heavy atom. The number of carbonyl (C=O) groups excluding carboxylic acids is 1. The highest BCUT2D eigenvalue weighted by atomic mass is 35.5. The molecule has 0 saturated heterocycles. The number of nitrogens with zero attached hydrogens (tertiary/aromatic N) is 2. The fourth-order valence-electron chi connectivity index (χ4n) is 1.68. The second kappa shape index (κ2) is 6.78. The van der Waals surface area contributed by atoms with Crippen molar-refractivity contribution in [3.8, 4) is 0 Å². The normalized spacial score (nSPS) is 10.6. The van der Waals surface area contributed by atoms with E-state index in [2.05, 4.69) is 5.10 Å². The Morgan fingerprint density at radius 2 is 2.21 bits per heavy atom. The summed E-state index contributed by atoms with van der Waals surface area (Å²) in [6.07, 6.45) is 5.03. The molecule has 0 spiro atoms. The highest BCUT2D eigenvalue weighted by molar-refractivity contribution is 8.00. The van der Waals surface area contributed by atoms with Crippen molar-refractivity contribution in [1.29, 1.82) is 0 Å². The number of halogens is 1. The number of Topliss-reactive ketones (excluding diaryl/α,β-unsaturated/α-hetero) is 1. The SMILES string of the molecule is Cn1cc(CCC(=O)CSc2ccccc2Cl)cn1. The van der Waals surface area contributed by atoms with E-state index in [4.69, 9.17) is 11.6 Å². The molecule has 1 aromatic carbocycles. The number of carbonyl (C=O) groups is 1. The topological polar surface area (TPSA) is 34.9 Å². The maximum Gasteiger partial charge on any atom is 0.143 e. The number of hydrogen-bond donors (Lipinski definition) is 0. The summed E-state index contributed by atoms with van der Waals surface area (Å²) in [7, 11) is 1.87. The van der Waals surface area contributed by atoms with Gasteiger partial charge in [0.15, 0.2) is 0 Å². The molecule has 0 fully saturated rings. The molecule has 1 heterocycles. The number of thioether (sulfide) groups is 1. The molecule has 0 aliphatic heterocycles. The lowest BCUT2D eigenvalue weighted by molar-refractivity contribution is -0.116. The van der Waals surface area contributed by atoms with Gasteiger partial charge < -0.3 is 0 Å². The number of benzene rings is 1. The summed E-state index contributed by atoms with van der Waals surface area (Å²) in [5, 5.41) is 4.78. The summed E-state index contributed by atoms with van der Waals surface area (Å²) in [6.45, 7) is 0. The van der Waals surface area contributed by atoms with Gasteiger partial charge in [0.25, 0.3) is 0 Å². The van der Waals surface area contributed by atoms with Gasteiger partial charge in [-0.1, -0.05) is 23.7 Å². The second-order valence-electron chi connectivity index (χ2n) is 4.28. The monoisotopic (exact) mass is 294 g/mol. The van der Waals surface area contributed by atoms with Crippen LogP contribution in [0, 0.1) is 0 Å². The number of aryl methyl sites for hydroxylation is 2. The Labute approximate surface area is 122 Å². The molecule has 100 valence electrons. The summed E-state index contributed by atoms with van der Waals surface area (Å²) in [5.41, 5.74) is 1.10. The summed E-state index contributed by atoms with van der Waals surface area (Å²) in [5.74, 6) is 0.693. The van der Waals surface area contributed by atoms with Crippen LogP contribution in [0.2, 0.25) is 5.02 Å². The lowest BCUT2D eigenvalue weighted by atomic mass is 10.1. The van der Waals surface area contributed by atoms with Crippen LogP contribution in [-0.2, 0) is 18.3 Å². The van der Waals surface area contributed by atoms with Crippen LogP contribution in [0.1, 0.15) is 12.0 Å². The van der Waals surface area contributed by atoms with Crippen LogP contribution in [0.5, 0.6) is 0 Å². The molecule has 0 aliphatic carbocycles. The lowest BCUT2D eigenvalue weighted by Gasteiger charge is -2.03. The summed E-state index contributed by atoms with van der Waals surface area (Å²) in [4.78, 5) is 12.8. The van der Waals surface area contributed by atoms with Crippen LogP contribution >= 0.6 is 23.4 Å². The standard InChI is InChI=1S/C14H15ClN2OS/c1-17-9-11(8-16-17)6-7-12(18)10-19-14-5-3-2-4-13(14)15/h2-5,8-9H,6-7,10H2,1H3. The zero-order valence-corrected chi connectivity index (χ0v) is 12.2. The van der Waals surface area contributed by atoms with Crippen molar-refractivity contribution in [2.24, 2.45) is 7.05 Å². The predicted octanol–water partition coefficient (Wildman–Crippen LogP) is 3.37. The quantitative estimate of drug-likeness (QED) is 0.766. The van der Waals surface area contributed by atoms with E-state index < -0.39 is 0 Å².